The number of anilines is 1. The van der Waals surface area contributed by atoms with Crippen LogP contribution in [0, 0.1) is 17.7 Å². The van der Waals surface area contributed by atoms with Crippen LogP contribution in [-0.4, -0.2) is 79.5 Å². The molecule has 0 radical (unpaired) electrons. The molecule has 352 valence electrons. The number of ether oxygens (including phenoxy) is 3. The zero-order chi connectivity index (χ0) is 47.7. The first-order chi connectivity index (χ1) is 31.1. The largest absolute Gasteiger partial charge is 0.507 e. The Morgan fingerprint density at radius 1 is 0.970 bits per heavy atom. The highest BCUT2D eigenvalue weighted by Crippen LogP contribution is 2.60. The Hall–Kier alpha value is -5.35. The molecule has 3 aliphatic carbocycles. The number of amides is 1. The number of nitrogens with zero attached hydrogens (tertiary/aromatic N) is 3. The fraction of sp³-hybridized carbons (Fsp3) is 0.490. The van der Waals surface area contributed by atoms with Crippen molar-refractivity contribution in [3.05, 3.63) is 111 Å². The molecule has 1 unspecified atom stereocenters. The summed E-state index contributed by atoms with van der Waals surface area (Å²) < 4.78 is 50.2. The lowest BCUT2D eigenvalue weighted by atomic mass is 9.57. The van der Waals surface area contributed by atoms with Gasteiger partial charge in [-0.3, -0.25) is 14.5 Å². The van der Waals surface area contributed by atoms with E-state index < -0.39 is 77.7 Å². The molecule has 8 rings (SSSR count). The van der Waals surface area contributed by atoms with Crippen molar-refractivity contribution >= 4 is 37.4 Å². The summed E-state index contributed by atoms with van der Waals surface area (Å²) in [5.41, 5.74) is -1.02. The van der Waals surface area contributed by atoms with Gasteiger partial charge in [-0.1, -0.05) is 88.4 Å². The molecule has 4 aromatic rings. The van der Waals surface area contributed by atoms with Gasteiger partial charge >= 0.3 is 6.09 Å². The van der Waals surface area contributed by atoms with E-state index in [1.165, 1.54) is 4.90 Å². The molecule has 1 saturated carbocycles. The van der Waals surface area contributed by atoms with Crippen molar-refractivity contribution in [2.75, 3.05) is 32.1 Å². The normalized spacial score (nSPS) is 22.9. The number of aromatic nitrogens is 1. The number of hydrogen-bond acceptors (Lipinski definition) is 12. The number of halogens is 1. The number of hydrogen-bond donors (Lipinski definition) is 2. The Labute approximate surface area is 387 Å². The minimum atomic E-state index is -3.05. The summed E-state index contributed by atoms with van der Waals surface area (Å²) in [7, 11) is 0.664. The van der Waals surface area contributed by atoms with Crippen LogP contribution in [0.3, 0.4) is 0 Å². The Kier molecular flexibility index (Phi) is 12.4. The summed E-state index contributed by atoms with van der Waals surface area (Å²) in [6.07, 6.45) is -0.190. The van der Waals surface area contributed by atoms with Crippen LogP contribution in [0.25, 0.3) is 5.76 Å². The van der Waals surface area contributed by atoms with Crippen molar-refractivity contribution in [3.8, 4) is 11.6 Å². The van der Waals surface area contributed by atoms with Crippen molar-refractivity contribution in [2.24, 2.45) is 11.8 Å². The Morgan fingerprint density at radius 3 is 2.17 bits per heavy atom. The molecular formula is C51H63FN4O9Si. The first-order valence-electron chi connectivity index (χ1n) is 23.0. The summed E-state index contributed by atoms with van der Waals surface area (Å²) in [5, 5.41) is 20.3. The Morgan fingerprint density at radius 2 is 1.59 bits per heavy atom. The summed E-state index contributed by atoms with van der Waals surface area (Å²) in [6.45, 7) is 17.9. The number of carbonyl (C=O) groups is 3. The molecule has 1 fully saturated rings. The van der Waals surface area contributed by atoms with E-state index in [1.807, 2.05) is 120 Å². The van der Waals surface area contributed by atoms with Crippen LogP contribution in [0.1, 0.15) is 117 Å². The first kappa shape index (κ1) is 47.2. The molecule has 3 aromatic carbocycles. The number of fused-ring (bicyclic) bond motifs is 5. The van der Waals surface area contributed by atoms with Crippen molar-refractivity contribution in [3.63, 3.8) is 0 Å². The predicted molar refractivity (Wildman–Crippen MR) is 251 cm³/mol. The Bertz CT molecular complexity index is 2560. The smallest absolute Gasteiger partial charge is 0.414 e. The summed E-state index contributed by atoms with van der Waals surface area (Å²) in [5.74, 6) is -3.91. The van der Waals surface area contributed by atoms with E-state index in [1.54, 1.807) is 20.8 Å². The third-order valence-corrected chi connectivity index (χ3v) is 18.4. The SMILES string of the molecule is CCN[C@@H]1c2onc(OCc3ccccc3)c2C(=O)[C@@]2(O[Si](C)(C)C(C)(C)C)C(=O)C3=C(O)c4c(c(F)c5c(c4OCc4ccccc4)N(C(=O)OC(C)(C)C)CCC5N(C)C)C[C@H]3C[C@@H]12. The van der Waals surface area contributed by atoms with Gasteiger partial charge in [-0.25, -0.2) is 9.18 Å². The van der Waals surface area contributed by atoms with Crippen LogP contribution in [0.15, 0.2) is 70.8 Å². The molecule has 1 aromatic heterocycles. The molecule has 0 saturated heterocycles. The second-order valence-corrected chi connectivity index (χ2v) is 25.5. The van der Waals surface area contributed by atoms with Crippen LogP contribution in [0.2, 0.25) is 18.1 Å². The molecule has 1 amide bonds. The number of carbonyl (C=O) groups excluding carboxylic acids is 3. The lowest BCUT2D eigenvalue weighted by Gasteiger charge is -2.54. The Balaban J connectivity index is 1.37. The first-order valence-corrected chi connectivity index (χ1v) is 25.9. The van der Waals surface area contributed by atoms with Gasteiger partial charge < -0.3 is 38.5 Å². The molecule has 4 aliphatic rings. The number of aliphatic hydroxyl groups is 1. The number of aliphatic hydroxyl groups excluding tert-OH is 1. The monoisotopic (exact) mass is 922 g/mol. The van der Waals surface area contributed by atoms with Gasteiger partial charge in [0.1, 0.15) is 36.0 Å². The van der Waals surface area contributed by atoms with Gasteiger partial charge in [0.2, 0.25) is 11.6 Å². The highest BCUT2D eigenvalue weighted by atomic mass is 28.4. The minimum Gasteiger partial charge on any atom is -0.507 e. The number of benzene rings is 3. The van der Waals surface area contributed by atoms with Crippen LogP contribution >= 0.6 is 0 Å². The quantitative estimate of drug-likeness (QED) is 0.109. The van der Waals surface area contributed by atoms with E-state index in [4.69, 9.17) is 23.2 Å². The van der Waals surface area contributed by atoms with Crippen molar-refractivity contribution in [1.82, 2.24) is 15.4 Å². The second-order valence-electron chi connectivity index (χ2n) is 20.7. The highest BCUT2D eigenvalue weighted by molar-refractivity contribution is 6.74. The van der Waals surface area contributed by atoms with E-state index in [0.717, 1.165) is 11.1 Å². The number of Topliss-reactive ketones (excluding diaryl/α,β-unsaturated/α-hetero) is 2. The zero-order valence-corrected chi connectivity index (χ0v) is 41.0. The number of rotatable bonds is 11. The maximum Gasteiger partial charge on any atom is 0.414 e. The molecule has 13 nitrogen and oxygen atoms in total. The van der Waals surface area contributed by atoms with Gasteiger partial charge in [-0.2, -0.15) is 0 Å². The third-order valence-electron chi connectivity index (χ3n) is 14.0. The molecule has 0 bridgehead atoms. The second kappa shape index (κ2) is 17.4. The summed E-state index contributed by atoms with van der Waals surface area (Å²) in [6, 6.07) is 17.6. The summed E-state index contributed by atoms with van der Waals surface area (Å²) in [4.78, 5) is 49.4. The summed E-state index contributed by atoms with van der Waals surface area (Å²) >= 11 is 0. The maximum atomic E-state index is 18.0. The van der Waals surface area contributed by atoms with E-state index >= 15 is 14.0 Å². The van der Waals surface area contributed by atoms with E-state index in [-0.39, 0.29) is 83.5 Å². The zero-order valence-electron chi connectivity index (χ0n) is 40.0. The molecular weight excluding hydrogens is 860 g/mol. The van der Waals surface area contributed by atoms with Crippen LogP contribution in [-0.2, 0) is 33.6 Å². The molecule has 66 heavy (non-hydrogen) atoms. The molecule has 15 heteroatoms. The van der Waals surface area contributed by atoms with Gasteiger partial charge in [-0.05, 0) is 101 Å². The molecule has 1 aliphatic heterocycles. The third kappa shape index (κ3) is 8.04. The molecule has 2 heterocycles. The number of nitrogens with one attached hydrogen (secondary N) is 1. The van der Waals surface area contributed by atoms with Gasteiger partial charge in [0.05, 0.1) is 17.3 Å². The van der Waals surface area contributed by atoms with Crippen LogP contribution < -0.4 is 19.7 Å². The molecule has 5 atom stereocenters. The highest BCUT2D eigenvalue weighted by Gasteiger charge is 2.68. The minimum absolute atomic E-state index is 0.00432. The van der Waals surface area contributed by atoms with Crippen molar-refractivity contribution in [2.45, 2.75) is 122 Å². The van der Waals surface area contributed by atoms with Crippen molar-refractivity contribution < 1.29 is 47.0 Å². The maximum absolute atomic E-state index is 18.0. The van der Waals surface area contributed by atoms with E-state index in [9.17, 15) is 9.90 Å². The van der Waals surface area contributed by atoms with Gasteiger partial charge in [0.25, 0.3) is 5.88 Å². The van der Waals surface area contributed by atoms with Gasteiger partial charge in [0.15, 0.2) is 25.4 Å². The fourth-order valence-corrected chi connectivity index (χ4v) is 11.3. The predicted octanol–water partition coefficient (Wildman–Crippen LogP) is 10.1. The molecule has 0 spiro atoms. The van der Waals surface area contributed by atoms with E-state index in [0.29, 0.717) is 13.0 Å². The van der Waals surface area contributed by atoms with Crippen LogP contribution in [0.4, 0.5) is 14.9 Å². The standard InChI is InChI=1S/C51H63FN4O9Si/c1-12-53-40-33-26-31-25-32-36(44(61-27-29-19-15-13-16-20-29)41-37(39(32)52)34(55(8)9)23-24-56(41)48(60)63-49(2,3)4)42(57)35(31)45(58)51(33,65-66(10,11)50(5,6)7)46(59)38-43(40)64-54-47(38)62-28-30-21-17-14-18-22-30/h13-22,31,33-34,40,53,57H,12,23-28H2,1-11H3/t31-,33-,34?,40-,51-/m0/s1. The molecule has 2 N–H and O–H groups in total. The lowest BCUT2D eigenvalue weighted by Crippen LogP contribution is -2.68. The average molecular weight is 923 g/mol. The van der Waals surface area contributed by atoms with Gasteiger partial charge in [0, 0.05) is 35.2 Å². The van der Waals surface area contributed by atoms with Gasteiger partial charge in [-0.15, -0.1) is 0 Å². The topological polar surface area (TPSA) is 153 Å². The average Bonchev–Trinajstić information content (AvgIpc) is 3.68. The van der Waals surface area contributed by atoms with E-state index in [2.05, 4.69) is 10.5 Å². The number of ketones is 2. The fourth-order valence-electron chi connectivity index (χ4n) is 9.90. The lowest BCUT2D eigenvalue weighted by molar-refractivity contribution is -0.138. The van der Waals surface area contributed by atoms with Crippen LogP contribution in [0.5, 0.6) is 11.6 Å². The van der Waals surface area contributed by atoms with Crippen molar-refractivity contribution in [1.29, 1.82) is 0 Å².